The molecule has 2 N–H and O–H groups in total. The minimum atomic E-state index is -1.61. The van der Waals surface area contributed by atoms with Gasteiger partial charge in [0.15, 0.2) is 6.61 Å². The number of nitrogens with zero attached hydrogens (tertiary/aromatic N) is 1. The minimum absolute atomic E-state index is 0.293. The summed E-state index contributed by atoms with van der Waals surface area (Å²) in [6, 6.07) is 6.55. The Balaban J connectivity index is 1.65. The number of β-lactam (4-membered cyclic amide) rings is 1. The van der Waals surface area contributed by atoms with E-state index in [1.807, 2.05) is 6.07 Å². The molecule has 2 fully saturated rings. The third kappa shape index (κ3) is 2.78. The number of nitrogens with one attached hydrogen (secondary N) is 1. The van der Waals surface area contributed by atoms with E-state index in [9.17, 15) is 23.7 Å². The van der Waals surface area contributed by atoms with Gasteiger partial charge >= 0.3 is 5.97 Å². The number of aliphatic carboxylic acids is 1. The Bertz CT molecular complexity index is 750. The summed E-state index contributed by atoms with van der Waals surface area (Å²) in [7, 11) is -1.61. The summed E-state index contributed by atoms with van der Waals surface area (Å²) in [6.45, 7) is 2.80. The number of hydrogen-bond donors (Lipinski definition) is 2. The molecule has 2 saturated heterocycles. The lowest BCUT2D eigenvalue weighted by atomic mass is 9.96. The molecular weight excluding hydrogens is 348 g/mol. The summed E-state index contributed by atoms with van der Waals surface area (Å²) < 4.78 is 16.8. The van der Waals surface area contributed by atoms with Crippen molar-refractivity contribution >= 4 is 28.6 Å². The Labute approximate surface area is 146 Å². The van der Waals surface area contributed by atoms with Crippen LogP contribution in [0.3, 0.4) is 0 Å². The van der Waals surface area contributed by atoms with Crippen molar-refractivity contribution in [3.05, 3.63) is 30.3 Å². The van der Waals surface area contributed by atoms with Crippen LogP contribution in [0.15, 0.2) is 30.3 Å². The number of ether oxygens (including phenoxy) is 1. The van der Waals surface area contributed by atoms with Gasteiger partial charge in [0.05, 0.1) is 15.5 Å². The summed E-state index contributed by atoms with van der Waals surface area (Å²) in [5.41, 5.74) is 0. The Morgan fingerprint density at radius 3 is 2.56 bits per heavy atom. The first-order valence-electron chi connectivity index (χ1n) is 7.68. The van der Waals surface area contributed by atoms with E-state index in [4.69, 9.17) is 4.74 Å². The molecule has 1 aromatic carbocycles. The number of hydrogen-bond acceptors (Lipinski definition) is 5. The summed E-state index contributed by atoms with van der Waals surface area (Å²) in [4.78, 5) is 36.8. The highest BCUT2D eigenvalue weighted by Crippen LogP contribution is 2.43. The molecule has 8 nitrogen and oxygen atoms in total. The van der Waals surface area contributed by atoms with Crippen LogP contribution in [0.2, 0.25) is 0 Å². The van der Waals surface area contributed by atoms with Gasteiger partial charge in [-0.05, 0) is 26.0 Å². The van der Waals surface area contributed by atoms with Crippen LogP contribution in [0.25, 0.3) is 0 Å². The molecule has 0 saturated carbocycles. The Kier molecular flexibility index (Phi) is 4.28. The topological polar surface area (TPSA) is 113 Å². The van der Waals surface area contributed by atoms with Crippen molar-refractivity contribution in [1.82, 2.24) is 10.2 Å². The first kappa shape index (κ1) is 17.4. The van der Waals surface area contributed by atoms with Crippen LogP contribution in [0.1, 0.15) is 13.8 Å². The van der Waals surface area contributed by atoms with Gasteiger partial charge in [0, 0.05) is 0 Å². The van der Waals surface area contributed by atoms with Crippen molar-refractivity contribution in [3.63, 3.8) is 0 Å². The van der Waals surface area contributed by atoms with Gasteiger partial charge in [0.25, 0.3) is 5.91 Å². The molecule has 3 unspecified atom stereocenters. The molecule has 4 atom stereocenters. The zero-order chi connectivity index (χ0) is 18.4. The summed E-state index contributed by atoms with van der Waals surface area (Å²) in [5, 5.41) is 11.0. The standard InChI is InChI=1S/C16H18N2O6S/c1-16(2)12(15(21)22)18-13(20)11(14(18)25(16)23)17-10(19)8-24-9-6-4-3-5-7-9/h3-7,11-12,14H,8H2,1-2H3,(H,17,19)(H,21,22)/t11?,12?,14-,25?/m0/s1. The lowest BCUT2D eigenvalue weighted by Crippen LogP contribution is -2.71. The van der Waals surface area contributed by atoms with Crippen molar-refractivity contribution in [3.8, 4) is 5.75 Å². The molecule has 0 bridgehead atoms. The van der Waals surface area contributed by atoms with E-state index in [2.05, 4.69) is 5.32 Å². The highest BCUT2D eigenvalue weighted by atomic mass is 32.2. The normalized spacial score (nSPS) is 29.5. The number of fused-ring (bicyclic) bond motifs is 1. The first-order valence-corrected chi connectivity index (χ1v) is 8.89. The number of benzene rings is 1. The van der Waals surface area contributed by atoms with Crippen LogP contribution in [0, 0.1) is 0 Å². The van der Waals surface area contributed by atoms with Crippen molar-refractivity contribution in [2.45, 2.75) is 36.1 Å². The average Bonchev–Trinajstić information content (AvgIpc) is 2.76. The quantitative estimate of drug-likeness (QED) is 0.693. The molecule has 134 valence electrons. The fourth-order valence-electron chi connectivity index (χ4n) is 3.17. The minimum Gasteiger partial charge on any atom is -0.484 e. The van der Waals surface area contributed by atoms with E-state index in [1.54, 1.807) is 38.1 Å². The summed E-state index contributed by atoms with van der Waals surface area (Å²) in [5.74, 6) is -1.76. The fraction of sp³-hybridized carbons (Fsp3) is 0.438. The van der Waals surface area contributed by atoms with Crippen LogP contribution in [0.4, 0.5) is 0 Å². The molecular formula is C16H18N2O6S. The predicted molar refractivity (Wildman–Crippen MR) is 88.1 cm³/mol. The highest BCUT2D eigenvalue weighted by molar-refractivity contribution is 7.87. The zero-order valence-electron chi connectivity index (χ0n) is 13.7. The molecule has 3 rings (SSSR count). The second-order valence-corrected chi connectivity index (χ2v) is 8.55. The van der Waals surface area contributed by atoms with Crippen molar-refractivity contribution in [2.75, 3.05) is 6.61 Å². The van der Waals surface area contributed by atoms with Gasteiger partial charge < -0.3 is 20.1 Å². The number of carbonyl (C=O) groups is 3. The molecule has 2 aliphatic rings. The maximum atomic E-state index is 12.6. The number of rotatable bonds is 5. The summed E-state index contributed by atoms with van der Waals surface area (Å²) >= 11 is 0. The van der Waals surface area contributed by atoms with Crippen LogP contribution in [-0.2, 0) is 25.2 Å². The number of para-hydroxylation sites is 1. The molecule has 2 amide bonds. The number of carboxylic acids is 1. The smallest absolute Gasteiger partial charge is 0.328 e. The molecule has 1 aromatic rings. The van der Waals surface area contributed by atoms with E-state index in [1.165, 1.54) is 0 Å². The summed E-state index contributed by atoms with van der Waals surface area (Å²) in [6.07, 6.45) is 0. The van der Waals surface area contributed by atoms with Crippen molar-refractivity contribution in [1.29, 1.82) is 0 Å². The van der Waals surface area contributed by atoms with Crippen LogP contribution in [-0.4, -0.2) is 60.8 Å². The molecule has 2 aliphatic heterocycles. The monoisotopic (exact) mass is 366 g/mol. The zero-order valence-corrected chi connectivity index (χ0v) is 14.5. The van der Waals surface area contributed by atoms with Gasteiger partial charge in [-0.1, -0.05) is 18.2 Å². The Morgan fingerprint density at radius 1 is 1.32 bits per heavy atom. The van der Waals surface area contributed by atoms with Crippen LogP contribution < -0.4 is 10.1 Å². The third-order valence-corrected chi connectivity index (χ3v) is 6.62. The first-order chi connectivity index (χ1) is 11.7. The van der Waals surface area contributed by atoms with E-state index in [0.717, 1.165) is 4.90 Å². The van der Waals surface area contributed by atoms with Crippen LogP contribution >= 0.6 is 0 Å². The third-order valence-electron chi connectivity index (χ3n) is 4.42. The molecule has 0 radical (unpaired) electrons. The highest BCUT2D eigenvalue weighted by Gasteiger charge is 2.68. The Morgan fingerprint density at radius 2 is 1.96 bits per heavy atom. The van der Waals surface area contributed by atoms with E-state index >= 15 is 0 Å². The van der Waals surface area contributed by atoms with Gasteiger partial charge in [0.2, 0.25) is 5.91 Å². The van der Waals surface area contributed by atoms with Gasteiger partial charge in [-0.25, -0.2) is 4.79 Å². The molecule has 0 aliphatic carbocycles. The van der Waals surface area contributed by atoms with Gasteiger partial charge in [0.1, 0.15) is 23.2 Å². The molecule has 0 aromatic heterocycles. The molecule has 25 heavy (non-hydrogen) atoms. The van der Waals surface area contributed by atoms with Gasteiger partial charge in [-0.3, -0.25) is 13.8 Å². The number of amides is 2. The second-order valence-electron chi connectivity index (χ2n) is 6.42. The average molecular weight is 366 g/mol. The number of carbonyl (C=O) groups excluding carboxylic acids is 2. The lowest BCUT2D eigenvalue weighted by molar-refractivity contribution is -0.161. The van der Waals surface area contributed by atoms with Crippen LogP contribution in [0.5, 0.6) is 5.75 Å². The maximum absolute atomic E-state index is 12.6. The lowest BCUT2D eigenvalue weighted by Gasteiger charge is -2.42. The molecule has 0 spiro atoms. The van der Waals surface area contributed by atoms with Crippen molar-refractivity contribution < 1.29 is 28.4 Å². The fourth-order valence-corrected chi connectivity index (χ4v) is 5.09. The second kappa shape index (κ2) is 6.14. The van der Waals surface area contributed by atoms with E-state index in [0.29, 0.717) is 5.75 Å². The Hall–Kier alpha value is -2.42. The van der Waals surface area contributed by atoms with Crippen molar-refractivity contribution in [2.24, 2.45) is 0 Å². The largest absolute Gasteiger partial charge is 0.484 e. The molecule has 9 heteroatoms. The van der Waals surface area contributed by atoms with Gasteiger partial charge in [-0.2, -0.15) is 0 Å². The van der Waals surface area contributed by atoms with Gasteiger partial charge in [-0.15, -0.1) is 0 Å². The predicted octanol–water partition coefficient (Wildman–Crippen LogP) is -0.287. The van der Waals surface area contributed by atoms with E-state index in [-0.39, 0.29) is 6.61 Å². The van der Waals surface area contributed by atoms with E-state index < -0.39 is 50.8 Å². The SMILES string of the molecule is CC1(C)C(C(=O)O)N2C(=O)C(NC(=O)COc3ccccc3)[C@@H]2S1=O. The molecule has 2 heterocycles. The number of carboxylic acid groups (broad SMARTS) is 1. The maximum Gasteiger partial charge on any atom is 0.328 e.